The maximum atomic E-state index is 5.66. The van der Waals surface area contributed by atoms with Gasteiger partial charge in [-0.15, -0.1) is 12.3 Å². The topological polar surface area (TPSA) is 26.0 Å². The van der Waals surface area contributed by atoms with Gasteiger partial charge in [0.05, 0.1) is 0 Å². The highest BCUT2D eigenvalue weighted by Crippen LogP contribution is 2.04. The van der Waals surface area contributed by atoms with Crippen molar-refractivity contribution in [3.05, 3.63) is 0 Å². The van der Waals surface area contributed by atoms with Crippen LogP contribution < -0.4 is 5.73 Å². The summed E-state index contributed by atoms with van der Waals surface area (Å²) < 4.78 is 0. The van der Waals surface area contributed by atoms with Crippen LogP contribution in [-0.2, 0) is 0 Å². The molecule has 1 atom stereocenters. The van der Waals surface area contributed by atoms with Crippen LogP contribution in [0, 0.1) is 12.3 Å². The van der Waals surface area contributed by atoms with E-state index >= 15 is 0 Å². The zero-order valence-electron chi connectivity index (χ0n) is 6.47. The van der Waals surface area contributed by atoms with E-state index in [1.165, 1.54) is 12.2 Å². The summed E-state index contributed by atoms with van der Waals surface area (Å²) in [6.45, 7) is 2.17. The van der Waals surface area contributed by atoms with Gasteiger partial charge in [-0.25, -0.2) is 0 Å². The highest BCUT2D eigenvalue weighted by Gasteiger charge is 1.98. The molecule has 2 heteroatoms. The van der Waals surface area contributed by atoms with Gasteiger partial charge in [-0.3, -0.25) is 0 Å². The fraction of sp³-hybridized carbons (Fsp3) is 0.750. The third-order valence-electron chi connectivity index (χ3n) is 1.06. The van der Waals surface area contributed by atoms with Crippen LogP contribution in [-0.4, -0.2) is 17.5 Å². The van der Waals surface area contributed by atoms with Crippen molar-refractivity contribution in [1.29, 1.82) is 0 Å². The normalized spacial score (nSPS) is 12.5. The first-order chi connectivity index (χ1) is 4.81. The van der Waals surface area contributed by atoms with E-state index in [2.05, 4.69) is 12.8 Å². The molecule has 0 bridgehead atoms. The predicted octanol–water partition coefficient (Wildman–Crippen LogP) is 1.48. The van der Waals surface area contributed by atoms with Crippen molar-refractivity contribution in [1.82, 2.24) is 0 Å². The molecule has 0 spiro atoms. The molecule has 0 radical (unpaired) electrons. The van der Waals surface area contributed by atoms with E-state index in [-0.39, 0.29) is 6.04 Å². The molecule has 0 aliphatic carbocycles. The molecule has 1 nitrogen and oxygen atoms in total. The van der Waals surface area contributed by atoms with E-state index in [1.54, 1.807) is 0 Å². The first kappa shape index (κ1) is 9.87. The van der Waals surface area contributed by atoms with Gasteiger partial charge in [-0.05, 0) is 12.2 Å². The highest BCUT2D eigenvalue weighted by atomic mass is 32.2. The summed E-state index contributed by atoms with van der Waals surface area (Å²) in [6, 6.07) is 0.196. The minimum absolute atomic E-state index is 0.196. The Bertz CT molecular complexity index is 106. The molecule has 1 unspecified atom stereocenters. The van der Waals surface area contributed by atoms with E-state index in [4.69, 9.17) is 12.2 Å². The quantitative estimate of drug-likeness (QED) is 0.483. The first-order valence-electron chi connectivity index (χ1n) is 3.58. The lowest BCUT2D eigenvalue weighted by atomic mass is 10.3. The van der Waals surface area contributed by atoms with Crippen LogP contribution >= 0.6 is 11.8 Å². The van der Waals surface area contributed by atoms with Gasteiger partial charge in [-0.2, -0.15) is 11.8 Å². The molecule has 0 aromatic heterocycles. The number of thioether (sulfide) groups is 1. The second-order valence-electron chi connectivity index (χ2n) is 2.24. The van der Waals surface area contributed by atoms with Crippen LogP contribution in [0.25, 0.3) is 0 Å². The molecule has 0 amide bonds. The van der Waals surface area contributed by atoms with Crippen molar-refractivity contribution < 1.29 is 0 Å². The summed E-state index contributed by atoms with van der Waals surface area (Å²) in [5, 5.41) is 0. The number of terminal acetylenes is 1. The van der Waals surface area contributed by atoms with Crippen LogP contribution in [0.1, 0.15) is 19.8 Å². The molecular weight excluding hydrogens is 142 g/mol. The van der Waals surface area contributed by atoms with Crippen LogP contribution in [0.3, 0.4) is 0 Å². The zero-order valence-corrected chi connectivity index (χ0v) is 7.29. The summed E-state index contributed by atoms with van der Waals surface area (Å²) in [6.07, 6.45) is 7.02. The van der Waals surface area contributed by atoms with Gasteiger partial charge in [0.25, 0.3) is 0 Å². The molecule has 0 rings (SSSR count). The number of hydrogen-bond donors (Lipinski definition) is 1. The Labute approximate surface area is 67.8 Å². The Hall–Kier alpha value is -0.130. The third-order valence-corrected chi connectivity index (χ3v) is 2.42. The van der Waals surface area contributed by atoms with E-state index in [0.717, 1.165) is 5.75 Å². The summed E-state index contributed by atoms with van der Waals surface area (Å²) in [5.41, 5.74) is 5.66. The van der Waals surface area contributed by atoms with Crippen molar-refractivity contribution in [2.24, 2.45) is 5.73 Å². The monoisotopic (exact) mass is 157 g/mol. The Balaban J connectivity index is 3.06. The molecule has 0 saturated heterocycles. The van der Waals surface area contributed by atoms with Crippen LogP contribution in [0.5, 0.6) is 0 Å². The maximum absolute atomic E-state index is 5.66. The Kier molecular flexibility index (Phi) is 6.89. The summed E-state index contributed by atoms with van der Waals surface area (Å²) in [4.78, 5) is 0. The lowest BCUT2D eigenvalue weighted by Crippen LogP contribution is -2.21. The summed E-state index contributed by atoms with van der Waals surface area (Å²) >= 11 is 1.88. The van der Waals surface area contributed by atoms with Crippen molar-refractivity contribution >= 4 is 11.8 Å². The van der Waals surface area contributed by atoms with E-state index in [1.807, 2.05) is 11.8 Å². The average molecular weight is 157 g/mol. The minimum Gasteiger partial charge on any atom is -0.326 e. The number of rotatable bonds is 5. The van der Waals surface area contributed by atoms with Crippen LogP contribution in [0.2, 0.25) is 0 Å². The molecular formula is C8H15NS. The standard InChI is InChI=1S/C8H15NS/c1-3-5-8(9)7-10-6-4-2/h1,8H,4-7,9H2,2H3. The van der Waals surface area contributed by atoms with Gasteiger partial charge in [-0.1, -0.05) is 6.92 Å². The van der Waals surface area contributed by atoms with Crippen molar-refractivity contribution in [2.75, 3.05) is 11.5 Å². The second-order valence-corrected chi connectivity index (χ2v) is 3.39. The largest absolute Gasteiger partial charge is 0.326 e. The smallest absolute Gasteiger partial charge is 0.0246 e. The van der Waals surface area contributed by atoms with Gasteiger partial charge in [0.1, 0.15) is 0 Å². The molecule has 58 valence electrons. The first-order valence-corrected chi connectivity index (χ1v) is 4.73. The van der Waals surface area contributed by atoms with E-state index < -0.39 is 0 Å². The molecule has 0 aromatic rings. The fourth-order valence-corrected chi connectivity index (χ4v) is 1.47. The molecule has 0 aliphatic heterocycles. The zero-order chi connectivity index (χ0) is 7.82. The molecule has 0 aliphatic rings. The SMILES string of the molecule is C#CCC(N)CSCCC. The van der Waals surface area contributed by atoms with Crippen molar-refractivity contribution in [3.63, 3.8) is 0 Å². The highest BCUT2D eigenvalue weighted by molar-refractivity contribution is 7.99. The molecule has 0 heterocycles. The summed E-state index contributed by atoms with van der Waals surface area (Å²) in [7, 11) is 0. The van der Waals surface area contributed by atoms with Gasteiger partial charge < -0.3 is 5.73 Å². The molecule has 10 heavy (non-hydrogen) atoms. The summed E-state index contributed by atoms with van der Waals surface area (Å²) in [5.74, 6) is 4.75. The van der Waals surface area contributed by atoms with Crippen molar-refractivity contribution in [2.45, 2.75) is 25.8 Å². The lowest BCUT2D eigenvalue weighted by molar-refractivity contribution is 0.782. The number of hydrogen-bond acceptors (Lipinski definition) is 2. The predicted molar refractivity (Wildman–Crippen MR) is 49.0 cm³/mol. The minimum atomic E-state index is 0.196. The molecule has 2 N–H and O–H groups in total. The van der Waals surface area contributed by atoms with Crippen LogP contribution in [0.15, 0.2) is 0 Å². The molecule has 0 aromatic carbocycles. The Morgan fingerprint density at radius 1 is 1.70 bits per heavy atom. The van der Waals surface area contributed by atoms with Crippen LogP contribution in [0.4, 0.5) is 0 Å². The van der Waals surface area contributed by atoms with Gasteiger partial charge in [0.2, 0.25) is 0 Å². The number of nitrogens with two attached hydrogens (primary N) is 1. The third kappa shape index (κ3) is 6.00. The van der Waals surface area contributed by atoms with E-state index in [9.17, 15) is 0 Å². The van der Waals surface area contributed by atoms with Gasteiger partial charge in [0.15, 0.2) is 0 Å². The second kappa shape index (κ2) is 6.98. The average Bonchev–Trinajstić information content (AvgIpc) is 1.89. The van der Waals surface area contributed by atoms with Gasteiger partial charge >= 0.3 is 0 Å². The Morgan fingerprint density at radius 2 is 2.40 bits per heavy atom. The van der Waals surface area contributed by atoms with Crippen molar-refractivity contribution in [3.8, 4) is 12.3 Å². The lowest BCUT2D eigenvalue weighted by Gasteiger charge is -2.05. The fourth-order valence-electron chi connectivity index (χ4n) is 0.589. The maximum Gasteiger partial charge on any atom is 0.0246 e. The van der Waals surface area contributed by atoms with Gasteiger partial charge in [0, 0.05) is 18.2 Å². The van der Waals surface area contributed by atoms with E-state index in [0.29, 0.717) is 6.42 Å². The molecule has 0 fully saturated rings. The Morgan fingerprint density at radius 3 is 2.90 bits per heavy atom. The molecule has 0 saturated carbocycles.